The molecule has 0 aliphatic rings. The maximum atomic E-state index is 11.0. The quantitative estimate of drug-likeness (QED) is 0.643. The van der Waals surface area contributed by atoms with E-state index in [4.69, 9.17) is 0 Å². The summed E-state index contributed by atoms with van der Waals surface area (Å²) in [6, 6.07) is 0.428. The topological polar surface area (TPSA) is 49.4 Å². The number of rotatable bonds is 10. The van der Waals surface area contributed by atoms with Crippen LogP contribution >= 0.6 is 0 Å². The second-order valence-corrected chi connectivity index (χ2v) is 6.83. The van der Waals surface area contributed by atoms with E-state index in [0.29, 0.717) is 11.8 Å². The Balaban J connectivity index is 3.84. The van der Waals surface area contributed by atoms with Gasteiger partial charge in [0.1, 0.15) is 9.84 Å². The minimum absolute atomic E-state index is 0.302. The number of hydrogen-bond acceptors (Lipinski definition) is 4. The predicted molar refractivity (Wildman–Crippen MR) is 74.2 cm³/mol. The van der Waals surface area contributed by atoms with Crippen LogP contribution in [0.15, 0.2) is 0 Å². The number of sulfone groups is 1. The Hall–Kier alpha value is -0.130. The normalized spacial score (nSPS) is 14.2. The van der Waals surface area contributed by atoms with Crippen molar-refractivity contribution >= 4 is 9.84 Å². The van der Waals surface area contributed by atoms with Crippen LogP contribution in [0.3, 0.4) is 0 Å². The molecule has 5 heteroatoms. The van der Waals surface area contributed by atoms with Gasteiger partial charge in [-0.05, 0) is 45.9 Å². The fourth-order valence-corrected chi connectivity index (χ4v) is 2.59. The minimum Gasteiger partial charge on any atom is -0.317 e. The van der Waals surface area contributed by atoms with Crippen LogP contribution in [0.25, 0.3) is 0 Å². The highest BCUT2D eigenvalue weighted by Crippen LogP contribution is 2.05. The van der Waals surface area contributed by atoms with Crippen molar-refractivity contribution in [1.29, 1.82) is 0 Å². The van der Waals surface area contributed by atoms with Crippen molar-refractivity contribution in [2.45, 2.75) is 39.2 Å². The lowest BCUT2D eigenvalue weighted by Crippen LogP contribution is -2.32. The van der Waals surface area contributed by atoms with Gasteiger partial charge in [0, 0.05) is 18.1 Å². The fourth-order valence-electron chi connectivity index (χ4n) is 1.90. The molecule has 104 valence electrons. The molecule has 4 nitrogen and oxygen atoms in total. The molecule has 1 unspecified atom stereocenters. The third-order valence-corrected chi connectivity index (χ3v) is 4.19. The first-order valence-corrected chi connectivity index (χ1v) is 8.56. The van der Waals surface area contributed by atoms with E-state index in [2.05, 4.69) is 24.1 Å². The Kier molecular flexibility index (Phi) is 8.82. The highest BCUT2D eigenvalue weighted by atomic mass is 32.2. The smallest absolute Gasteiger partial charge is 0.147 e. The summed E-state index contributed by atoms with van der Waals surface area (Å²) >= 11 is 0. The van der Waals surface area contributed by atoms with Crippen molar-refractivity contribution in [3.63, 3.8) is 0 Å². The number of nitrogens with one attached hydrogen (secondary N) is 1. The zero-order valence-electron chi connectivity index (χ0n) is 11.7. The monoisotopic (exact) mass is 264 g/mol. The molecule has 0 amide bonds. The summed E-state index contributed by atoms with van der Waals surface area (Å²) in [5.74, 6) is 0.302. The van der Waals surface area contributed by atoms with E-state index >= 15 is 0 Å². The zero-order chi connectivity index (χ0) is 13.3. The summed E-state index contributed by atoms with van der Waals surface area (Å²) in [6.07, 6.45) is 4.08. The standard InChI is InChI=1S/C12H28N2O2S/c1-5-14(6-2)10-9-12(13-3)8-7-11-17(4,15)16/h12-13H,5-11H2,1-4H3. The van der Waals surface area contributed by atoms with Gasteiger partial charge in [0.25, 0.3) is 0 Å². The van der Waals surface area contributed by atoms with Crippen molar-refractivity contribution in [2.24, 2.45) is 0 Å². The highest BCUT2D eigenvalue weighted by molar-refractivity contribution is 7.90. The van der Waals surface area contributed by atoms with Gasteiger partial charge in [0.15, 0.2) is 0 Å². The molecule has 0 heterocycles. The van der Waals surface area contributed by atoms with E-state index in [0.717, 1.165) is 38.9 Å². The molecule has 0 aromatic carbocycles. The van der Waals surface area contributed by atoms with Crippen LogP contribution in [0.2, 0.25) is 0 Å². The summed E-state index contributed by atoms with van der Waals surface area (Å²) in [7, 11) is -0.855. The van der Waals surface area contributed by atoms with Crippen LogP contribution in [0.4, 0.5) is 0 Å². The first-order chi connectivity index (χ1) is 7.92. The Bertz CT molecular complexity index is 274. The largest absolute Gasteiger partial charge is 0.317 e. The lowest BCUT2D eigenvalue weighted by Gasteiger charge is -2.22. The first-order valence-electron chi connectivity index (χ1n) is 6.50. The van der Waals surface area contributed by atoms with Crippen molar-refractivity contribution in [3.05, 3.63) is 0 Å². The van der Waals surface area contributed by atoms with Crippen LogP contribution in [0.5, 0.6) is 0 Å². The third kappa shape index (κ3) is 9.56. The Labute approximate surface area is 107 Å². The van der Waals surface area contributed by atoms with Crippen LogP contribution in [0.1, 0.15) is 33.1 Å². The van der Waals surface area contributed by atoms with E-state index in [1.54, 1.807) is 0 Å². The Morgan fingerprint density at radius 2 is 1.76 bits per heavy atom. The Morgan fingerprint density at radius 3 is 2.18 bits per heavy atom. The maximum Gasteiger partial charge on any atom is 0.147 e. The maximum absolute atomic E-state index is 11.0. The molecule has 0 aromatic rings. The van der Waals surface area contributed by atoms with E-state index in [1.807, 2.05) is 7.05 Å². The molecule has 0 bridgehead atoms. The van der Waals surface area contributed by atoms with Crippen molar-refractivity contribution in [1.82, 2.24) is 10.2 Å². The van der Waals surface area contributed by atoms with Gasteiger partial charge in [-0.1, -0.05) is 13.8 Å². The van der Waals surface area contributed by atoms with Gasteiger partial charge in [0.2, 0.25) is 0 Å². The molecule has 0 saturated carbocycles. The molecular formula is C12H28N2O2S. The van der Waals surface area contributed by atoms with Gasteiger partial charge >= 0.3 is 0 Å². The molecule has 1 atom stereocenters. The van der Waals surface area contributed by atoms with Crippen LogP contribution < -0.4 is 5.32 Å². The molecule has 0 aromatic heterocycles. The van der Waals surface area contributed by atoms with Gasteiger partial charge in [-0.2, -0.15) is 0 Å². The summed E-state index contributed by atoms with van der Waals surface area (Å²) in [5, 5.41) is 3.27. The number of hydrogen-bond donors (Lipinski definition) is 1. The Morgan fingerprint density at radius 1 is 1.18 bits per heavy atom. The van der Waals surface area contributed by atoms with Gasteiger partial charge in [-0.25, -0.2) is 8.42 Å². The number of nitrogens with zero attached hydrogens (tertiary/aromatic N) is 1. The molecule has 0 radical (unpaired) electrons. The lowest BCUT2D eigenvalue weighted by molar-refractivity contribution is 0.280. The van der Waals surface area contributed by atoms with E-state index < -0.39 is 9.84 Å². The first kappa shape index (κ1) is 16.9. The zero-order valence-corrected chi connectivity index (χ0v) is 12.5. The SMILES string of the molecule is CCN(CC)CCC(CCCS(C)(=O)=O)NC. The van der Waals surface area contributed by atoms with E-state index in [9.17, 15) is 8.42 Å². The van der Waals surface area contributed by atoms with Crippen molar-refractivity contribution < 1.29 is 8.42 Å². The van der Waals surface area contributed by atoms with E-state index in [-0.39, 0.29) is 0 Å². The molecule has 0 aliphatic heterocycles. The average Bonchev–Trinajstić information content (AvgIpc) is 2.26. The fraction of sp³-hybridized carbons (Fsp3) is 1.00. The van der Waals surface area contributed by atoms with Gasteiger partial charge < -0.3 is 10.2 Å². The molecule has 1 N–H and O–H groups in total. The summed E-state index contributed by atoms with van der Waals surface area (Å²) in [6.45, 7) is 7.58. The molecule has 0 aliphatic carbocycles. The summed E-state index contributed by atoms with van der Waals surface area (Å²) < 4.78 is 22.1. The second-order valence-electron chi connectivity index (χ2n) is 4.57. The summed E-state index contributed by atoms with van der Waals surface area (Å²) in [5.41, 5.74) is 0. The average molecular weight is 264 g/mol. The van der Waals surface area contributed by atoms with Gasteiger partial charge in [0.05, 0.1) is 0 Å². The molecule has 0 saturated heterocycles. The van der Waals surface area contributed by atoms with Crippen LogP contribution in [0, 0.1) is 0 Å². The molecule has 17 heavy (non-hydrogen) atoms. The molecule has 0 spiro atoms. The third-order valence-electron chi connectivity index (χ3n) is 3.16. The van der Waals surface area contributed by atoms with Crippen LogP contribution in [-0.4, -0.2) is 58.1 Å². The minimum atomic E-state index is -2.81. The molecule has 0 fully saturated rings. The van der Waals surface area contributed by atoms with Crippen LogP contribution in [-0.2, 0) is 9.84 Å². The van der Waals surface area contributed by atoms with Gasteiger partial charge in [-0.15, -0.1) is 0 Å². The highest BCUT2D eigenvalue weighted by Gasteiger charge is 2.10. The second kappa shape index (κ2) is 8.89. The van der Waals surface area contributed by atoms with Gasteiger partial charge in [-0.3, -0.25) is 0 Å². The summed E-state index contributed by atoms with van der Waals surface area (Å²) in [4.78, 5) is 2.39. The lowest BCUT2D eigenvalue weighted by atomic mass is 10.1. The molecule has 0 rings (SSSR count). The predicted octanol–water partition coefficient (Wildman–Crippen LogP) is 1.13. The molecular weight excluding hydrogens is 236 g/mol. The van der Waals surface area contributed by atoms with E-state index in [1.165, 1.54) is 6.26 Å². The van der Waals surface area contributed by atoms with Crippen molar-refractivity contribution in [3.8, 4) is 0 Å². The van der Waals surface area contributed by atoms with Crippen molar-refractivity contribution in [2.75, 3.05) is 38.7 Å².